The van der Waals surface area contributed by atoms with E-state index in [1.165, 1.54) is 12.1 Å². The summed E-state index contributed by atoms with van der Waals surface area (Å²) >= 11 is 3.19. The van der Waals surface area contributed by atoms with E-state index in [4.69, 9.17) is 0 Å². The quantitative estimate of drug-likeness (QED) is 0.869. The van der Waals surface area contributed by atoms with Gasteiger partial charge in [-0.3, -0.25) is 0 Å². The van der Waals surface area contributed by atoms with E-state index < -0.39 is 27.6 Å². The first-order valence-electron chi connectivity index (χ1n) is 5.22. The Morgan fingerprint density at radius 1 is 1.47 bits per heavy atom. The highest BCUT2D eigenvalue weighted by Crippen LogP contribution is 2.19. The Morgan fingerprint density at radius 3 is 2.59 bits per heavy atom. The summed E-state index contributed by atoms with van der Waals surface area (Å²) < 4.78 is 28.4. The van der Waals surface area contributed by atoms with Gasteiger partial charge in [-0.05, 0) is 55.8 Å². The van der Waals surface area contributed by atoms with Gasteiger partial charge in [0.15, 0.2) is 0 Å². The van der Waals surface area contributed by atoms with E-state index in [2.05, 4.69) is 25.6 Å². The van der Waals surface area contributed by atoms with Crippen LogP contribution in [0, 0.1) is 5.82 Å². The van der Waals surface area contributed by atoms with Crippen molar-refractivity contribution in [1.82, 2.24) is 9.71 Å². The summed E-state index contributed by atoms with van der Waals surface area (Å²) in [5, 5.41) is 0. The molecule has 0 aliphatic heterocycles. The van der Waals surface area contributed by atoms with Crippen LogP contribution in [0.15, 0.2) is 16.7 Å². The van der Waals surface area contributed by atoms with Crippen molar-refractivity contribution in [1.29, 1.82) is 0 Å². The molecule has 96 valence electrons. The maximum Gasteiger partial charge on any atom is 0.146 e. The topological polar surface area (TPSA) is 42.0 Å². The third-order valence-corrected chi connectivity index (χ3v) is 4.21. The third kappa shape index (κ3) is 4.12. The van der Waals surface area contributed by atoms with Gasteiger partial charge in [0.1, 0.15) is 10.4 Å². The fraction of sp³-hybridized carbons (Fsp3) is 0.545. The molecule has 0 spiro atoms. The van der Waals surface area contributed by atoms with Crippen molar-refractivity contribution in [3.8, 4) is 0 Å². The molecule has 0 saturated carbocycles. The largest absolute Gasteiger partial charge is 0.242 e. The van der Waals surface area contributed by atoms with Gasteiger partial charge < -0.3 is 0 Å². The Labute approximate surface area is 112 Å². The Morgan fingerprint density at radius 2 is 2.06 bits per heavy atom. The van der Waals surface area contributed by atoms with Crippen LogP contribution in [0.5, 0.6) is 0 Å². The van der Waals surface area contributed by atoms with Crippen LogP contribution in [0.1, 0.15) is 39.4 Å². The van der Waals surface area contributed by atoms with Gasteiger partial charge in [0.2, 0.25) is 0 Å². The SMILES string of the molecule is C[C@@H](NS(=O)C(C)(C)C)c1nc(Br)ccc1F. The molecule has 1 N–H and O–H groups in total. The summed E-state index contributed by atoms with van der Waals surface area (Å²) in [6, 6.07) is 2.46. The van der Waals surface area contributed by atoms with Gasteiger partial charge in [-0.25, -0.2) is 18.3 Å². The number of nitrogens with one attached hydrogen (secondary N) is 1. The summed E-state index contributed by atoms with van der Waals surface area (Å²) in [4.78, 5) is 4.05. The van der Waals surface area contributed by atoms with E-state index in [0.29, 0.717) is 4.60 Å². The molecule has 1 aromatic rings. The summed E-state index contributed by atoms with van der Waals surface area (Å²) in [7, 11) is -1.25. The smallest absolute Gasteiger partial charge is 0.146 e. The van der Waals surface area contributed by atoms with E-state index in [1.54, 1.807) is 6.92 Å². The van der Waals surface area contributed by atoms with Crippen molar-refractivity contribution >= 4 is 26.9 Å². The average Bonchev–Trinajstić information content (AvgIpc) is 2.20. The zero-order chi connectivity index (χ0) is 13.2. The van der Waals surface area contributed by atoms with Crippen LogP contribution in [0.3, 0.4) is 0 Å². The number of halogens is 2. The molecular formula is C11H16BrFN2OS. The summed E-state index contributed by atoms with van der Waals surface area (Å²) in [5.74, 6) is -0.404. The molecule has 6 heteroatoms. The molecule has 0 aliphatic carbocycles. The molecule has 0 amide bonds. The van der Waals surface area contributed by atoms with Crippen molar-refractivity contribution in [2.45, 2.75) is 38.5 Å². The molecule has 0 aliphatic rings. The summed E-state index contributed by atoms with van der Waals surface area (Å²) in [6.45, 7) is 7.30. The van der Waals surface area contributed by atoms with Gasteiger partial charge in [-0.15, -0.1) is 0 Å². The highest BCUT2D eigenvalue weighted by atomic mass is 79.9. The lowest BCUT2D eigenvalue weighted by Gasteiger charge is -2.21. The van der Waals surface area contributed by atoms with Crippen molar-refractivity contribution in [2.24, 2.45) is 0 Å². The monoisotopic (exact) mass is 322 g/mol. The lowest BCUT2D eigenvalue weighted by Crippen LogP contribution is -2.35. The van der Waals surface area contributed by atoms with Gasteiger partial charge in [0.25, 0.3) is 0 Å². The first kappa shape index (κ1) is 14.7. The highest BCUT2D eigenvalue weighted by Gasteiger charge is 2.23. The Hall–Kier alpha value is -0.330. The molecule has 1 heterocycles. The molecule has 1 unspecified atom stereocenters. The lowest BCUT2D eigenvalue weighted by atomic mass is 10.2. The molecular weight excluding hydrogens is 307 g/mol. The number of hydrogen-bond donors (Lipinski definition) is 1. The van der Waals surface area contributed by atoms with Crippen LogP contribution in [0.2, 0.25) is 0 Å². The van der Waals surface area contributed by atoms with Gasteiger partial charge >= 0.3 is 0 Å². The first-order chi connectivity index (χ1) is 7.71. The van der Waals surface area contributed by atoms with Crippen LogP contribution in [0.4, 0.5) is 4.39 Å². The molecule has 0 aromatic carbocycles. The Bertz CT molecular complexity index is 434. The number of rotatable bonds is 3. The minimum absolute atomic E-state index is 0.261. The lowest BCUT2D eigenvalue weighted by molar-refractivity contribution is 0.556. The molecule has 2 atom stereocenters. The molecule has 3 nitrogen and oxygen atoms in total. The van der Waals surface area contributed by atoms with E-state index in [0.717, 1.165) is 0 Å². The zero-order valence-electron chi connectivity index (χ0n) is 10.3. The fourth-order valence-electron chi connectivity index (χ4n) is 1.13. The van der Waals surface area contributed by atoms with Crippen molar-refractivity contribution < 1.29 is 8.60 Å². The van der Waals surface area contributed by atoms with Gasteiger partial charge in [0.05, 0.1) is 27.5 Å². The van der Waals surface area contributed by atoms with E-state index in [-0.39, 0.29) is 5.69 Å². The maximum atomic E-state index is 13.5. The predicted octanol–water partition coefficient (Wildman–Crippen LogP) is 3.10. The summed E-state index contributed by atoms with van der Waals surface area (Å²) in [6.07, 6.45) is 0. The number of nitrogens with zero attached hydrogens (tertiary/aromatic N) is 1. The minimum atomic E-state index is -1.25. The number of aromatic nitrogens is 1. The van der Waals surface area contributed by atoms with Crippen molar-refractivity contribution in [3.05, 3.63) is 28.2 Å². The van der Waals surface area contributed by atoms with Gasteiger partial charge in [-0.2, -0.15) is 0 Å². The van der Waals surface area contributed by atoms with Gasteiger partial charge in [0, 0.05) is 0 Å². The predicted molar refractivity (Wildman–Crippen MR) is 71.3 cm³/mol. The Balaban J connectivity index is 2.87. The molecule has 0 radical (unpaired) electrons. The van der Waals surface area contributed by atoms with Crippen LogP contribution >= 0.6 is 15.9 Å². The third-order valence-electron chi connectivity index (χ3n) is 2.09. The molecule has 1 rings (SSSR count). The van der Waals surface area contributed by atoms with E-state index in [9.17, 15) is 8.60 Å². The number of hydrogen-bond acceptors (Lipinski definition) is 2. The second-order valence-electron chi connectivity index (χ2n) is 4.72. The van der Waals surface area contributed by atoms with Crippen molar-refractivity contribution in [2.75, 3.05) is 0 Å². The average molecular weight is 323 g/mol. The fourth-order valence-corrected chi connectivity index (χ4v) is 2.24. The van der Waals surface area contributed by atoms with Crippen LogP contribution < -0.4 is 4.72 Å². The number of pyridine rings is 1. The maximum absolute atomic E-state index is 13.5. The highest BCUT2D eigenvalue weighted by molar-refractivity contribution is 9.10. The van der Waals surface area contributed by atoms with Gasteiger partial charge in [-0.1, -0.05) is 0 Å². The molecule has 17 heavy (non-hydrogen) atoms. The normalized spacial score (nSPS) is 15.6. The second-order valence-corrected chi connectivity index (χ2v) is 7.53. The minimum Gasteiger partial charge on any atom is -0.242 e. The standard InChI is InChI=1S/C11H16BrFN2OS/c1-7(15-17(16)11(2,3)4)10-8(13)5-6-9(12)14-10/h5-7,15H,1-4H3/t7-,17?/m1/s1. The molecule has 1 aromatic heterocycles. The Kier molecular flexibility index (Phi) is 4.80. The van der Waals surface area contributed by atoms with Crippen molar-refractivity contribution in [3.63, 3.8) is 0 Å². The van der Waals surface area contributed by atoms with Crippen LogP contribution in [-0.4, -0.2) is 13.9 Å². The second kappa shape index (κ2) is 5.54. The summed E-state index contributed by atoms with van der Waals surface area (Å²) in [5.41, 5.74) is 0.261. The molecule has 0 fully saturated rings. The molecule has 0 bridgehead atoms. The van der Waals surface area contributed by atoms with Crippen LogP contribution in [0.25, 0.3) is 0 Å². The van der Waals surface area contributed by atoms with E-state index >= 15 is 0 Å². The van der Waals surface area contributed by atoms with E-state index in [1.807, 2.05) is 20.8 Å². The zero-order valence-corrected chi connectivity index (χ0v) is 12.7. The first-order valence-corrected chi connectivity index (χ1v) is 7.16. The van der Waals surface area contributed by atoms with Crippen LogP contribution in [-0.2, 0) is 11.0 Å². The molecule has 0 saturated heterocycles.